The number of amides is 4. The van der Waals surface area contributed by atoms with Crippen LogP contribution in [0.25, 0.3) is 0 Å². The number of aliphatic hydroxyl groups excluding tert-OH is 1. The van der Waals surface area contributed by atoms with Crippen molar-refractivity contribution in [3.8, 4) is 5.75 Å². The molecule has 0 radical (unpaired) electrons. The van der Waals surface area contributed by atoms with Crippen molar-refractivity contribution < 1.29 is 66.2 Å². The molecule has 26 heteroatoms. The Morgan fingerprint density at radius 1 is 0.500 bits per heavy atom. The van der Waals surface area contributed by atoms with E-state index in [1.165, 1.54) is 29.5 Å². The predicted molar refractivity (Wildman–Crippen MR) is 432 cm³/mol. The molecule has 6 N–H and O–H groups in total. The van der Waals surface area contributed by atoms with Crippen LogP contribution in [-0.2, 0) is 98.1 Å². The van der Waals surface area contributed by atoms with Crippen LogP contribution in [0.3, 0.4) is 0 Å². The number of aryl methyl sites for hydroxylation is 5. The first-order valence-corrected chi connectivity index (χ1v) is 41.5. The number of phenols is 1. The molecule has 8 heterocycles. The molecule has 0 bridgehead atoms. The van der Waals surface area contributed by atoms with Gasteiger partial charge in [0, 0.05) is 112 Å². The maximum atomic E-state index is 12.9. The number of aromatic hydroxyl groups is 1. The summed E-state index contributed by atoms with van der Waals surface area (Å²) in [4.78, 5) is 59.8. The Morgan fingerprint density at radius 3 is 1.59 bits per heavy atom. The van der Waals surface area contributed by atoms with Gasteiger partial charge in [0.15, 0.2) is 22.8 Å². The van der Waals surface area contributed by atoms with E-state index in [0.29, 0.717) is 60.8 Å². The van der Waals surface area contributed by atoms with Gasteiger partial charge >= 0.3 is 0 Å². The normalized spacial score (nSPS) is 18.0. The molecule has 610 valence electrons. The summed E-state index contributed by atoms with van der Waals surface area (Å²) in [6.45, 7) is 12.0. The molecule has 26 nitrogen and oxygen atoms in total. The van der Waals surface area contributed by atoms with E-state index in [1.807, 2.05) is 78.9 Å². The fourth-order valence-electron chi connectivity index (χ4n) is 16.2. The topological polar surface area (TPSA) is 334 Å². The van der Waals surface area contributed by atoms with Gasteiger partial charge in [0.1, 0.15) is 41.4 Å². The van der Waals surface area contributed by atoms with Gasteiger partial charge in [0.25, 0.3) is 23.6 Å². The number of aliphatic imine (C=N–C) groups is 1. The highest BCUT2D eigenvalue weighted by molar-refractivity contribution is 5.96. The summed E-state index contributed by atoms with van der Waals surface area (Å²) < 4.78 is 43.4. The van der Waals surface area contributed by atoms with Crippen LogP contribution in [0.15, 0.2) is 167 Å². The summed E-state index contributed by atoms with van der Waals surface area (Å²) in [6.07, 6.45) is 20.6. The van der Waals surface area contributed by atoms with Gasteiger partial charge in [-0.1, -0.05) is 167 Å². The average molecular weight is 1580 g/mol. The number of carbonyl (C=O) groups is 4. The maximum absolute atomic E-state index is 12.9. The van der Waals surface area contributed by atoms with Crippen molar-refractivity contribution in [3.05, 3.63) is 258 Å². The summed E-state index contributed by atoms with van der Waals surface area (Å²) in [6, 6.07) is 44.9. The second-order valence-electron chi connectivity index (χ2n) is 30.7. The number of nitrogens with zero attached hydrogens (tertiary/aromatic N) is 8. The summed E-state index contributed by atoms with van der Waals surface area (Å²) in [5, 5.41) is 50.9. The number of rotatable bonds is 21. The van der Waals surface area contributed by atoms with Gasteiger partial charge in [-0.2, -0.15) is 0 Å². The van der Waals surface area contributed by atoms with Crippen LogP contribution in [-0.4, -0.2) is 148 Å². The number of phenolic OH excluding ortho intramolecular Hbond substituents is 1. The van der Waals surface area contributed by atoms with Gasteiger partial charge in [-0.05, 0) is 154 Å². The number of ether oxygens (including phenoxy) is 3. The third-order valence-electron chi connectivity index (χ3n) is 22.8. The van der Waals surface area contributed by atoms with Crippen molar-refractivity contribution in [1.82, 2.24) is 56.9 Å². The summed E-state index contributed by atoms with van der Waals surface area (Å²) in [7, 11) is 0. The zero-order valence-electron chi connectivity index (χ0n) is 66.2. The Morgan fingerprint density at radius 2 is 1.01 bits per heavy atom. The van der Waals surface area contributed by atoms with E-state index in [2.05, 4.69) is 111 Å². The van der Waals surface area contributed by atoms with Gasteiger partial charge in [0.05, 0.1) is 44.2 Å². The Hall–Kier alpha value is -10.9. The number of aromatic nitrogens is 5. The molecule has 4 unspecified atom stereocenters. The van der Waals surface area contributed by atoms with Gasteiger partial charge < -0.3 is 68.3 Å². The molecule has 116 heavy (non-hydrogen) atoms. The number of benzene rings is 5. The monoisotopic (exact) mass is 1580 g/mol. The molecule has 5 aromatic heterocycles. The molecule has 8 aliphatic rings. The van der Waals surface area contributed by atoms with Gasteiger partial charge in [-0.15, -0.1) is 0 Å². The van der Waals surface area contributed by atoms with E-state index < -0.39 is 0 Å². The quantitative estimate of drug-likeness (QED) is 0.0389. The SMILES string of the molecule is CCC1CCc2noc(C(=O)NCc3cccc(O)c3)c2C1.O=C(NC(CCO)c1ccccc1)c1noc2c1CCCC2.O=C(NC(CN1CCOCC1)c1ccccc1)c1noc2c1CCCC2.O=C(NCc1ccccc1CN1CCOCC1)c1noc2c1CCCC2.c1ccc(C2COC(c3noc4c3CCCC4)=N2)cc1. The van der Waals surface area contributed by atoms with Crippen LogP contribution >= 0.6 is 0 Å². The first kappa shape index (κ1) is 81.7. The molecular formula is C90H106N12O14. The second kappa shape index (κ2) is 41.1. The van der Waals surface area contributed by atoms with Crippen LogP contribution < -0.4 is 21.3 Å². The highest BCUT2D eigenvalue weighted by Gasteiger charge is 2.33. The molecule has 2 fully saturated rings. The summed E-state index contributed by atoms with van der Waals surface area (Å²) in [5.41, 5.74) is 14.6. The Balaban J connectivity index is 0.000000120. The third kappa shape index (κ3) is 21.4. The first-order valence-electron chi connectivity index (χ1n) is 41.5. The lowest BCUT2D eigenvalue weighted by Crippen LogP contribution is -2.43. The van der Waals surface area contributed by atoms with Gasteiger partial charge in [-0.25, -0.2) is 4.99 Å². The standard InChI is InChI=1S/2C20H25N3O3.2C17H20N2O3.C16H16N2O2/c24-20(19-17-7-3-4-8-18(17)26-22-19)21-13-15-5-1-2-6-16(15)14-23-9-11-25-12-10-23;24-20(19-16-8-4-5-9-18(16)26-22-19)21-17(15-6-2-1-3-7-15)14-23-10-12-25-13-11-23;1-2-11-6-7-15-14(9-11)16(22-19-15)17(21)18-10-12-4-3-5-13(20)8-12;20-11-10-14(12-6-2-1-3-7-12)18-17(21)16-13-8-4-5-9-15(13)22-19-16;1-2-6-11(7-3-1)13-10-19-16(17-13)15-12-8-4-5-9-14(12)20-18-15/h1-2,5-6H,3-4,7-14H2,(H,21,24);1-3,6-7,17H,4-5,8-14H2,(H,21,24);3-5,8,11,20H,2,6-7,9-10H2,1H3,(H,18,21);1-3,6-7,14,20H,4-5,8-11H2,(H,18,21);1-3,6-7,13H,4-5,8-10H2. The largest absolute Gasteiger partial charge is 0.508 e. The zero-order chi connectivity index (χ0) is 79.8. The molecule has 0 spiro atoms. The van der Waals surface area contributed by atoms with Crippen LogP contribution in [0.4, 0.5) is 0 Å². The van der Waals surface area contributed by atoms with Crippen LogP contribution in [0.2, 0.25) is 0 Å². The fourth-order valence-corrected chi connectivity index (χ4v) is 16.2. The minimum atomic E-state index is -0.242. The molecule has 10 aromatic rings. The van der Waals surface area contributed by atoms with Crippen LogP contribution in [0, 0.1) is 5.92 Å². The number of morpholine rings is 2. The van der Waals surface area contributed by atoms with Crippen LogP contribution in [0.5, 0.6) is 5.75 Å². The van der Waals surface area contributed by atoms with Crippen LogP contribution in [0.1, 0.15) is 233 Å². The minimum absolute atomic E-state index is 0.0107. The molecule has 5 aliphatic carbocycles. The number of hydrogen-bond acceptors (Lipinski definition) is 22. The van der Waals surface area contributed by atoms with Crippen molar-refractivity contribution in [1.29, 1.82) is 0 Å². The molecule has 0 saturated carbocycles. The zero-order valence-corrected chi connectivity index (χ0v) is 66.2. The molecular weight excluding hydrogens is 1470 g/mol. The van der Waals surface area contributed by atoms with Crippen molar-refractivity contribution in [2.24, 2.45) is 10.9 Å². The Labute approximate surface area is 675 Å². The lowest BCUT2D eigenvalue weighted by Gasteiger charge is -2.31. The molecule has 3 aliphatic heterocycles. The number of fused-ring (bicyclic) bond motifs is 5. The number of aliphatic hydroxyl groups is 1. The van der Waals surface area contributed by atoms with Crippen molar-refractivity contribution in [2.45, 2.75) is 180 Å². The smallest absolute Gasteiger partial charge is 0.290 e. The summed E-state index contributed by atoms with van der Waals surface area (Å²) in [5.74, 6) is 4.65. The Bertz CT molecular complexity index is 4870. The van der Waals surface area contributed by atoms with Crippen molar-refractivity contribution in [2.75, 3.05) is 72.4 Å². The molecule has 18 rings (SSSR count). The van der Waals surface area contributed by atoms with Gasteiger partial charge in [0.2, 0.25) is 11.7 Å². The van der Waals surface area contributed by atoms with E-state index in [1.54, 1.807) is 18.2 Å². The van der Waals surface area contributed by atoms with Gasteiger partial charge in [-0.3, -0.25) is 29.0 Å². The van der Waals surface area contributed by atoms with E-state index >= 15 is 0 Å². The minimum Gasteiger partial charge on any atom is -0.508 e. The molecule has 4 atom stereocenters. The molecule has 4 amide bonds. The first-order chi connectivity index (χ1) is 57.0. The molecule has 2 saturated heterocycles. The third-order valence-corrected chi connectivity index (χ3v) is 22.8. The summed E-state index contributed by atoms with van der Waals surface area (Å²) >= 11 is 0. The fraction of sp³-hybridized carbons (Fsp3) is 0.444. The van der Waals surface area contributed by atoms with E-state index in [9.17, 15) is 29.4 Å². The van der Waals surface area contributed by atoms with Crippen molar-refractivity contribution in [3.63, 3.8) is 0 Å². The average Bonchev–Trinajstić information content (AvgIpc) is 1.66. The van der Waals surface area contributed by atoms with E-state index in [4.69, 9.17) is 36.8 Å². The van der Waals surface area contributed by atoms with E-state index in [0.717, 1.165) is 260 Å². The lowest BCUT2D eigenvalue weighted by atomic mass is 9.85. The second-order valence-corrected chi connectivity index (χ2v) is 30.7. The number of hydrogen-bond donors (Lipinski definition) is 6. The highest BCUT2D eigenvalue weighted by atomic mass is 16.5. The predicted octanol–water partition coefficient (Wildman–Crippen LogP) is 13.0. The maximum Gasteiger partial charge on any atom is 0.290 e. The number of nitrogens with one attached hydrogen (secondary N) is 4. The number of carbonyl (C=O) groups excluding carboxylic acids is 4. The molecule has 5 aromatic carbocycles. The lowest BCUT2D eigenvalue weighted by molar-refractivity contribution is 0.0332. The highest BCUT2D eigenvalue weighted by Crippen LogP contribution is 2.34. The van der Waals surface area contributed by atoms with Crippen molar-refractivity contribution >= 4 is 29.5 Å². The van der Waals surface area contributed by atoms with E-state index in [-0.39, 0.29) is 54.1 Å². The Kier molecular flexibility index (Phi) is 28.9.